The zero-order valence-corrected chi connectivity index (χ0v) is 11.8. The van der Waals surface area contributed by atoms with Crippen molar-refractivity contribution >= 4 is 0 Å². The predicted molar refractivity (Wildman–Crippen MR) is 78.2 cm³/mol. The predicted octanol–water partition coefficient (Wildman–Crippen LogP) is 3.49. The summed E-state index contributed by atoms with van der Waals surface area (Å²) in [6.45, 7) is 6.16. The quantitative estimate of drug-likeness (QED) is 0.555. The van der Waals surface area contributed by atoms with Gasteiger partial charge in [0.25, 0.3) is 0 Å². The van der Waals surface area contributed by atoms with Crippen molar-refractivity contribution in [3.8, 4) is 23.0 Å². The molecule has 0 bridgehead atoms. The normalized spacial score (nSPS) is 10.6. The van der Waals surface area contributed by atoms with Crippen LogP contribution in [0.5, 0.6) is 23.0 Å². The van der Waals surface area contributed by atoms with Crippen molar-refractivity contribution in [3.63, 3.8) is 0 Å². The molecule has 0 unspecified atom stereocenters. The maximum atomic E-state index is 9.21. The van der Waals surface area contributed by atoms with E-state index in [1.165, 1.54) is 18.2 Å². The Morgan fingerprint density at radius 3 is 1.45 bits per heavy atom. The van der Waals surface area contributed by atoms with Crippen LogP contribution in [0.25, 0.3) is 0 Å². The number of hydrogen-bond donors (Lipinski definition) is 4. The van der Waals surface area contributed by atoms with Crippen molar-refractivity contribution in [2.75, 3.05) is 0 Å². The van der Waals surface area contributed by atoms with E-state index in [-0.39, 0.29) is 28.4 Å². The minimum Gasteiger partial charge on any atom is -0.504 e. The highest BCUT2D eigenvalue weighted by Crippen LogP contribution is 2.30. The van der Waals surface area contributed by atoms with Crippen molar-refractivity contribution in [1.82, 2.24) is 0 Å². The maximum absolute atomic E-state index is 9.21. The van der Waals surface area contributed by atoms with Gasteiger partial charge in [0.1, 0.15) is 0 Å². The maximum Gasteiger partial charge on any atom is 0.157 e. The van der Waals surface area contributed by atoms with Crippen LogP contribution < -0.4 is 0 Å². The molecule has 0 aliphatic carbocycles. The van der Waals surface area contributed by atoms with Crippen molar-refractivity contribution in [1.29, 1.82) is 0 Å². The smallest absolute Gasteiger partial charge is 0.157 e. The number of phenolic OH excluding ortho intramolecular Hbond substituents is 4. The first-order valence-corrected chi connectivity index (χ1v) is 6.21. The van der Waals surface area contributed by atoms with Crippen LogP contribution in [-0.4, -0.2) is 20.4 Å². The monoisotopic (exact) mass is 276 g/mol. The van der Waals surface area contributed by atoms with E-state index in [1.807, 2.05) is 6.07 Å². The molecule has 0 aliphatic heterocycles. The van der Waals surface area contributed by atoms with Crippen LogP contribution in [0, 0.1) is 0 Å². The third-order valence-electron chi connectivity index (χ3n) is 2.72. The van der Waals surface area contributed by atoms with E-state index in [2.05, 4.69) is 20.8 Å². The van der Waals surface area contributed by atoms with Crippen LogP contribution in [0.4, 0.5) is 0 Å². The molecule has 0 aliphatic rings. The molecule has 0 saturated carbocycles. The third kappa shape index (κ3) is 4.39. The van der Waals surface area contributed by atoms with Gasteiger partial charge < -0.3 is 20.4 Å². The summed E-state index contributed by atoms with van der Waals surface area (Å²) >= 11 is 0. The zero-order chi connectivity index (χ0) is 15.3. The van der Waals surface area contributed by atoms with Gasteiger partial charge in [-0.25, -0.2) is 0 Å². The van der Waals surface area contributed by atoms with Gasteiger partial charge in [-0.05, 0) is 35.2 Å². The Morgan fingerprint density at radius 2 is 1.10 bits per heavy atom. The van der Waals surface area contributed by atoms with Crippen molar-refractivity contribution in [2.24, 2.45) is 0 Å². The molecule has 2 rings (SSSR count). The van der Waals surface area contributed by atoms with E-state index >= 15 is 0 Å². The summed E-state index contributed by atoms with van der Waals surface area (Å²) in [5, 5.41) is 35.6. The number of rotatable bonds is 0. The molecule has 0 amide bonds. The van der Waals surface area contributed by atoms with Gasteiger partial charge >= 0.3 is 0 Å². The molecule has 0 fully saturated rings. The first-order valence-electron chi connectivity index (χ1n) is 6.21. The Balaban J connectivity index is 0.000000217. The van der Waals surface area contributed by atoms with E-state index < -0.39 is 0 Å². The second-order valence-electron chi connectivity index (χ2n) is 5.44. The van der Waals surface area contributed by atoms with E-state index in [1.54, 1.807) is 18.2 Å². The summed E-state index contributed by atoms with van der Waals surface area (Å²) in [6, 6.07) is 11.1. The van der Waals surface area contributed by atoms with E-state index in [0.717, 1.165) is 5.56 Å². The van der Waals surface area contributed by atoms with Gasteiger partial charge in [-0.1, -0.05) is 39.0 Å². The Labute approximate surface area is 118 Å². The van der Waals surface area contributed by atoms with Gasteiger partial charge in [0.15, 0.2) is 23.0 Å². The molecular formula is C16H20O4. The highest BCUT2D eigenvalue weighted by atomic mass is 16.3. The number of benzene rings is 2. The van der Waals surface area contributed by atoms with Crippen molar-refractivity contribution < 1.29 is 20.4 Å². The standard InChI is InChI=1S/C10H14O2.C6H6O2/c1-10(2,3)7-4-5-8(11)9(12)6-7;7-5-3-1-2-4-6(5)8/h4-6,11-12H,1-3H3;1-4,7-8H. The van der Waals surface area contributed by atoms with Gasteiger partial charge in [0, 0.05) is 0 Å². The van der Waals surface area contributed by atoms with Crippen LogP contribution in [-0.2, 0) is 5.41 Å². The van der Waals surface area contributed by atoms with E-state index in [0.29, 0.717) is 0 Å². The topological polar surface area (TPSA) is 80.9 Å². The summed E-state index contributed by atoms with van der Waals surface area (Å²) in [5.41, 5.74) is 1.02. The average Bonchev–Trinajstić information content (AvgIpc) is 2.36. The van der Waals surface area contributed by atoms with Gasteiger partial charge in [0.05, 0.1) is 0 Å². The fourth-order valence-corrected chi connectivity index (χ4v) is 1.45. The first-order chi connectivity index (χ1) is 9.21. The van der Waals surface area contributed by atoms with Crippen LogP contribution in [0.15, 0.2) is 42.5 Å². The molecule has 4 nitrogen and oxygen atoms in total. The molecule has 20 heavy (non-hydrogen) atoms. The Bertz CT molecular complexity index is 550. The molecule has 0 saturated heterocycles. The van der Waals surface area contributed by atoms with Crippen LogP contribution in [0.2, 0.25) is 0 Å². The highest BCUT2D eigenvalue weighted by molar-refractivity contribution is 5.42. The summed E-state index contributed by atoms with van der Waals surface area (Å²) in [4.78, 5) is 0. The molecule has 0 aromatic heterocycles. The lowest BCUT2D eigenvalue weighted by Crippen LogP contribution is -2.10. The Morgan fingerprint density at radius 1 is 0.650 bits per heavy atom. The lowest BCUT2D eigenvalue weighted by atomic mass is 9.87. The molecule has 2 aromatic rings. The molecule has 4 heteroatoms. The molecule has 108 valence electrons. The summed E-state index contributed by atoms with van der Waals surface area (Å²) in [6.07, 6.45) is 0. The minimum absolute atomic E-state index is 0.00514. The molecule has 0 heterocycles. The van der Waals surface area contributed by atoms with Crippen molar-refractivity contribution in [2.45, 2.75) is 26.2 Å². The zero-order valence-electron chi connectivity index (χ0n) is 11.8. The second-order valence-corrected chi connectivity index (χ2v) is 5.44. The first kappa shape index (κ1) is 15.7. The Hall–Kier alpha value is -2.36. The van der Waals surface area contributed by atoms with Gasteiger partial charge in [-0.2, -0.15) is 0 Å². The number of para-hydroxylation sites is 2. The summed E-state index contributed by atoms with van der Waals surface area (Å²) in [7, 11) is 0. The molecule has 0 radical (unpaired) electrons. The molecular weight excluding hydrogens is 256 g/mol. The molecule has 0 spiro atoms. The SMILES string of the molecule is CC(C)(C)c1ccc(O)c(O)c1.Oc1ccccc1O. The van der Waals surface area contributed by atoms with Crippen LogP contribution >= 0.6 is 0 Å². The summed E-state index contributed by atoms with van der Waals surface area (Å²) < 4.78 is 0. The average molecular weight is 276 g/mol. The summed E-state index contributed by atoms with van der Waals surface area (Å²) in [5.74, 6) is -0.273. The highest BCUT2D eigenvalue weighted by Gasteiger charge is 2.14. The van der Waals surface area contributed by atoms with Gasteiger partial charge in [0.2, 0.25) is 0 Å². The van der Waals surface area contributed by atoms with Crippen LogP contribution in [0.3, 0.4) is 0 Å². The van der Waals surface area contributed by atoms with Crippen LogP contribution in [0.1, 0.15) is 26.3 Å². The van der Waals surface area contributed by atoms with Gasteiger partial charge in [-0.15, -0.1) is 0 Å². The minimum atomic E-state index is -0.0764. The van der Waals surface area contributed by atoms with Gasteiger partial charge in [-0.3, -0.25) is 0 Å². The number of phenols is 4. The third-order valence-corrected chi connectivity index (χ3v) is 2.72. The fourth-order valence-electron chi connectivity index (χ4n) is 1.45. The largest absolute Gasteiger partial charge is 0.504 e. The number of aromatic hydroxyl groups is 4. The second kappa shape index (κ2) is 6.19. The Kier molecular flexibility index (Phi) is 4.86. The lowest BCUT2D eigenvalue weighted by Gasteiger charge is -2.19. The molecule has 4 N–H and O–H groups in total. The fraction of sp³-hybridized carbons (Fsp3) is 0.250. The van der Waals surface area contributed by atoms with E-state index in [4.69, 9.17) is 15.3 Å². The van der Waals surface area contributed by atoms with Crippen molar-refractivity contribution in [3.05, 3.63) is 48.0 Å². The molecule has 2 aromatic carbocycles. The lowest BCUT2D eigenvalue weighted by molar-refractivity contribution is 0.401. The molecule has 0 atom stereocenters. The van der Waals surface area contributed by atoms with E-state index in [9.17, 15) is 5.11 Å². The number of hydrogen-bond acceptors (Lipinski definition) is 4.